The van der Waals surface area contributed by atoms with Gasteiger partial charge in [0.1, 0.15) is 0 Å². The van der Waals surface area contributed by atoms with E-state index in [1.807, 2.05) is 0 Å². The minimum atomic E-state index is 0.294. The van der Waals surface area contributed by atoms with Crippen molar-refractivity contribution in [1.29, 1.82) is 0 Å². The highest BCUT2D eigenvalue weighted by molar-refractivity contribution is 14.1. The molecular weight excluding hydrogens is 333 g/mol. The molecule has 0 radical (unpaired) electrons. The van der Waals surface area contributed by atoms with Crippen LogP contribution in [0.3, 0.4) is 0 Å². The third-order valence-corrected chi connectivity index (χ3v) is 4.42. The van der Waals surface area contributed by atoms with Crippen LogP contribution in [-0.2, 0) is 11.8 Å². The lowest BCUT2D eigenvalue weighted by molar-refractivity contribution is 0.274. The maximum atomic E-state index is 3.44. The normalized spacial score (nSPS) is 17.2. The van der Waals surface area contributed by atoms with E-state index >= 15 is 0 Å². The van der Waals surface area contributed by atoms with Crippen molar-refractivity contribution in [3.63, 3.8) is 0 Å². The summed E-state index contributed by atoms with van der Waals surface area (Å²) in [4.78, 5) is 0. The van der Waals surface area contributed by atoms with Gasteiger partial charge in [0, 0.05) is 22.1 Å². The van der Waals surface area contributed by atoms with Crippen molar-refractivity contribution in [2.45, 2.75) is 11.8 Å². The number of halogens is 1. The van der Waals surface area contributed by atoms with Gasteiger partial charge < -0.3 is 5.32 Å². The Morgan fingerprint density at radius 1 is 1.00 bits per heavy atom. The predicted molar refractivity (Wildman–Crippen MR) is 83.9 cm³/mol. The Morgan fingerprint density at radius 2 is 1.78 bits per heavy atom. The molecule has 1 fully saturated rings. The predicted octanol–water partition coefficient (Wildman–Crippen LogP) is 3.37. The quantitative estimate of drug-likeness (QED) is 0.838. The molecule has 1 aliphatic rings. The first-order chi connectivity index (χ1) is 8.78. The summed E-state index contributed by atoms with van der Waals surface area (Å²) in [7, 11) is 0. The van der Waals surface area contributed by atoms with Crippen LogP contribution in [0.5, 0.6) is 0 Å². The Labute approximate surface area is 122 Å². The van der Waals surface area contributed by atoms with E-state index in [-0.39, 0.29) is 0 Å². The molecule has 2 heteroatoms. The van der Waals surface area contributed by atoms with Gasteiger partial charge in [-0.25, -0.2) is 0 Å². The average Bonchev–Trinajstić information content (AvgIpc) is 2.35. The Balaban J connectivity index is 1.91. The van der Waals surface area contributed by atoms with Gasteiger partial charge in [0.25, 0.3) is 0 Å². The molecule has 0 saturated carbocycles. The van der Waals surface area contributed by atoms with Crippen molar-refractivity contribution < 1.29 is 0 Å². The molecule has 2 aromatic rings. The zero-order valence-electron chi connectivity index (χ0n) is 10.2. The second kappa shape index (κ2) is 5.02. The SMILES string of the molecule is Ic1cccc(C2(Cc3ccccc3)CNC2)c1. The lowest BCUT2D eigenvalue weighted by Gasteiger charge is -2.43. The summed E-state index contributed by atoms with van der Waals surface area (Å²) in [5.74, 6) is 0. The molecular formula is C16H16IN. The van der Waals surface area contributed by atoms with E-state index < -0.39 is 0 Å². The molecule has 1 aliphatic heterocycles. The average molecular weight is 349 g/mol. The van der Waals surface area contributed by atoms with Crippen LogP contribution >= 0.6 is 22.6 Å². The summed E-state index contributed by atoms with van der Waals surface area (Å²) >= 11 is 2.40. The van der Waals surface area contributed by atoms with Gasteiger partial charge in [0.05, 0.1) is 0 Å². The minimum Gasteiger partial charge on any atom is -0.315 e. The standard InChI is InChI=1S/C16H16IN/c17-15-8-4-7-14(9-15)16(11-18-12-16)10-13-5-2-1-3-6-13/h1-9,18H,10-12H2. The first-order valence-corrected chi connectivity index (χ1v) is 7.37. The van der Waals surface area contributed by atoms with Gasteiger partial charge in [-0.15, -0.1) is 0 Å². The third kappa shape index (κ3) is 2.31. The summed E-state index contributed by atoms with van der Waals surface area (Å²) in [5, 5.41) is 3.44. The van der Waals surface area contributed by atoms with Gasteiger partial charge in [-0.1, -0.05) is 42.5 Å². The monoisotopic (exact) mass is 349 g/mol. The van der Waals surface area contributed by atoms with Crippen LogP contribution in [0.1, 0.15) is 11.1 Å². The fourth-order valence-electron chi connectivity index (χ4n) is 2.66. The lowest BCUT2D eigenvalue weighted by Crippen LogP contribution is -2.58. The fraction of sp³-hybridized carbons (Fsp3) is 0.250. The first kappa shape index (κ1) is 12.2. The largest absolute Gasteiger partial charge is 0.315 e. The zero-order valence-corrected chi connectivity index (χ0v) is 12.4. The Morgan fingerprint density at radius 3 is 2.39 bits per heavy atom. The molecule has 0 aliphatic carbocycles. The van der Waals surface area contributed by atoms with Crippen LogP contribution < -0.4 is 5.32 Å². The van der Waals surface area contributed by atoms with Crippen molar-refractivity contribution in [2.24, 2.45) is 0 Å². The molecule has 18 heavy (non-hydrogen) atoms. The van der Waals surface area contributed by atoms with E-state index in [0.717, 1.165) is 19.5 Å². The van der Waals surface area contributed by atoms with E-state index in [4.69, 9.17) is 0 Å². The highest BCUT2D eigenvalue weighted by Crippen LogP contribution is 2.33. The summed E-state index contributed by atoms with van der Waals surface area (Å²) in [6.45, 7) is 2.17. The lowest BCUT2D eigenvalue weighted by atomic mass is 9.71. The topological polar surface area (TPSA) is 12.0 Å². The van der Waals surface area contributed by atoms with Crippen LogP contribution in [0.25, 0.3) is 0 Å². The van der Waals surface area contributed by atoms with Crippen LogP contribution in [0, 0.1) is 3.57 Å². The highest BCUT2D eigenvalue weighted by Gasteiger charge is 2.38. The van der Waals surface area contributed by atoms with E-state index in [1.54, 1.807) is 0 Å². The van der Waals surface area contributed by atoms with Crippen LogP contribution in [-0.4, -0.2) is 13.1 Å². The molecule has 0 bridgehead atoms. The van der Waals surface area contributed by atoms with Gasteiger partial charge in [0.15, 0.2) is 0 Å². The van der Waals surface area contributed by atoms with Crippen LogP contribution in [0.15, 0.2) is 54.6 Å². The molecule has 0 atom stereocenters. The van der Waals surface area contributed by atoms with E-state index in [0.29, 0.717) is 5.41 Å². The van der Waals surface area contributed by atoms with Crippen molar-refractivity contribution in [1.82, 2.24) is 5.32 Å². The molecule has 1 nitrogen and oxygen atoms in total. The number of hydrogen-bond donors (Lipinski definition) is 1. The molecule has 0 aromatic heterocycles. The maximum Gasteiger partial charge on any atom is 0.0243 e. The molecule has 1 N–H and O–H groups in total. The van der Waals surface area contributed by atoms with E-state index in [2.05, 4.69) is 82.5 Å². The van der Waals surface area contributed by atoms with Gasteiger partial charge in [-0.05, 0) is 52.3 Å². The fourth-order valence-corrected chi connectivity index (χ4v) is 3.21. The second-order valence-corrected chi connectivity index (χ2v) is 6.30. The Kier molecular flexibility index (Phi) is 3.39. The van der Waals surface area contributed by atoms with Crippen molar-refractivity contribution in [3.8, 4) is 0 Å². The van der Waals surface area contributed by atoms with Crippen molar-refractivity contribution in [3.05, 3.63) is 69.3 Å². The Hall–Kier alpha value is -0.870. The van der Waals surface area contributed by atoms with Crippen molar-refractivity contribution >= 4 is 22.6 Å². The van der Waals surface area contributed by atoms with Gasteiger partial charge in [0.2, 0.25) is 0 Å². The smallest absolute Gasteiger partial charge is 0.0243 e. The molecule has 92 valence electrons. The van der Waals surface area contributed by atoms with Gasteiger partial charge >= 0.3 is 0 Å². The Bertz CT molecular complexity index is 532. The summed E-state index contributed by atoms with van der Waals surface area (Å²) in [6.07, 6.45) is 1.13. The number of rotatable bonds is 3. The third-order valence-electron chi connectivity index (χ3n) is 3.75. The number of nitrogens with one attached hydrogen (secondary N) is 1. The molecule has 3 rings (SSSR count). The summed E-state index contributed by atoms with van der Waals surface area (Å²) in [6, 6.07) is 19.7. The molecule has 0 unspecified atom stereocenters. The maximum absolute atomic E-state index is 3.44. The number of hydrogen-bond acceptors (Lipinski definition) is 1. The van der Waals surface area contributed by atoms with Gasteiger partial charge in [-0.2, -0.15) is 0 Å². The summed E-state index contributed by atoms with van der Waals surface area (Å²) in [5.41, 5.74) is 3.19. The van der Waals surface area contributed by atoms with E-state index in [9.17, 15) is 0 Å². The summed E-state index contributed by atoms with van der Waals surface area (Å²) < 4.78 is 1.32. The highest BCUT2D eigenvalue weighted by atomic mass is 127. The van der Waals surface area contributed by atoms with Crippen LogP contribution in [0.4, 0.5) is 0 Å². The molecule has 0 amide bonds. The minimum absolute atomic E-state index is 0.294. The second-order valence-electron chi connectivity index (χ2n) is 5.06. The molecule has 1 saturated heterocycles. The van der Waals surface area contributed by atoms with Gasteiger partial charge in [-0.3, -0.25) is 0 Å². The van der Waals surface area contributed by atoms with Crippen LogP contribution in [0.2, 0.25) is 0 Å². The molecule has 2 aromatic carbocycles. The number of benzene rings is 2. The molecule has 0 spiro atoms. The first-order valence-electron chi connectivity index (χ1n) is 6.29. The molecule has 1 heterocycles. The zero-order chi connectivity index (χ0) is 12.4. The van der Waals surface area contributed by atoms with Crippen molar-refractivity contribution in [2.75, 3.05) is 13.1 Å². The van der Waals surface area contributed by atoms with E-state index in [1.165, 1.54) is 14.7 Å².